The Bertz CT molecular complexity index is 1650. The average Bonchev–Trinajstić information content (AvgIpc) is 3.64. The first-order chi connectivity index (χ1) is 45.6. The number of ether oxygens (including phenoxy) is 2. The third-order valence-electron chi connectivity index (χ3n) is 18.7. The van der Waals surface area contributed by atoms with Gasteiger partial charge in [0.2, 0.25) is 0 Å². The minimum absolute atomic E-state index is 0.0611. The Balaban J connectivity index is 3.39. The van der Waals surface area contributed by atoms with Crippen molar-refractivity contribution in [3.05, 3.63) is 85.1 Å². The Morgan fingerprint density at radius 2 is 0.467 bits per heavy atom. The first-order valence-electron chi connectivity index (χ1n) is 41.1. The van der Waals surface area contributed by atoms with Gasteiger partial charge in [0.25, 0.3) is 0 Å². The van der Waals surface area contributed by atoms with Gasteiger partial charge >= 0.3 is 11.9 Å². The minimum atomic E-state index is -0.773. The Hall–Kier alpha value is -2.92. The summed E-state index contributed by atoms with van der Waals surface area (Å²) < 4.78 is 10.8. The molecule has 536 valence electrons. The van der Waals surface area contributed by atoms with Gasteiger partial charge in [-0.15, -0.1) is 0 Å². The normalized spacial score (nSPS) is 12.6. The second kappa shape index (κ2) is 82.3. The number of hydrogen-bond acceptors (Lipinski definition) is 5. The molecule has 0 aliphatic carbocycles. The van der Waals surface area contributed by atoms with Crippen molar-refractivity contribution in [1.29, 1.82) is 0 Å². The van der Waals surface area contributed by atoms with E-state index in [1.54, 1.807) is 0 Å². The maximum absolute atomic E-state index is 12.4. The molecule has 1 atom stereocenters. The number of aliphatic hydroxyl groups is 1. The zero-order valence-electron chi connectivity index (χ0n) is 61.8. The second-order valence-electron chi connectivity index (χ2n) is 27.8. The molecule has 0 aromatic carbocycles. The molecule has 0 heterocycles. The van der Waals surface area contributed by atoms with Crippen LogP contribution < -0.4 is 0 Å². The second-order valence-corrected chi connectivity index (χ2v) is 27.8. The fourth-order valence-corrected chi connectivity index (χ4v) is 12.6. The van der Waals surface area contributed by atoms with Crippen molar-refractivity contribution in [2.24, 2.45) is 0 Å². The number of unbranched alkanes of at least 4 members (excludes halogenated alkanes) is 55. The number of aliphatic hydroxyl groups excluding tert-OH is 1. The van der Waals surface area contributed by atoms with Gasteiger partial charge in [-0.3, -0.25) is 9.59 Å². The average molecular weight is 1280 g/mol. The van der Waals surface area contributed by atoms with Crippen molar-refractivity contribution in [3.8, 4) is 0 Å². The summed E-state index contributed by atoms with van der Waals surface area (Å²) in [5.74, 6) is -0.567. The van der Waals surface area contributed by atoms with Crippen LogP contribution in [0.15, 0.2) is 85.1 Å². The minimum Gasteiger partial charge on any atom is -0.462 e. The van der Waals surface area contributed by atoms with E-state index in [4.69, 9.17) is 9.47 Å². The molecule has 5 nitrogen and oxygen atoms in total. The van der Waals surface area contributed by atoms with E-state index in [9.17, 15) is 14.7 Å². The fraction of sp³-hybridized carbons (Fsp3) is 0.816. The molecule has 0 rings (SSSR count). The van der Waals surface area contributed by atoms with Crippen LogP contribution in [-0.4, -0.2) is 36.4 Å². The summed E-state index contributed by atoms with van der Waals surface area (Å²) in [5.41, 5.74) is 0. The van der Waals surface area contributed by atoms with Crippen molar-refractivity contribution >= 4 is 11.9 Å². The molecule has 92 heavy (non-hydrogen) atoms. The molecule has 1 N–H and O–H groups in total. The summed E-state index contributed by atoms with van der Waals surface area (Å²) in [6.07, 6.45) is 117. The highest BCUT2D eigenvalue weighted by Gasteiger charge is 2.16. The van der Waals surface area contributed by atoms with E-state index in [-0.39, 0.29) is 25.2 Å². The number of esters is 2. The maximum Gasteiger partial charge on any atom is 0.306 e. The highest BCUT2D eigenvalue weighted by molar-refractivity contribution is 5.70. The molecule has 5 heteroatoms. The van der Waals surface area contributed by atoms with Crippen LogP contribution in [0, 0.1) is 0 Å². The molecular formula is C87H158O5. The zero-order chi connectivity index (χ0) is 66.1. The number of carbonyl (C=O) groups excluding carboxylic acids is 2. The molecule has 0 saturated heterocycles. The largest absolute Gasteiger partial charge is 0.462 e. The van der Waals surface area contributed by atoms with Gasteiger partial charge in [-0.25, -0.2) is 0 Å². The molecule has 0 aromatic heterocycles. The van der Waals surface area contributed by atoms with E-state index in [0.29, 0.717) is 12.8 Å². The van der Waals surface area contributed by atoms with Crippen molar-refractivity contribution in [1.82, 2.24) is 0 Å². The van der Waals surface area contributed by atoms with E-state index >= 15 is 0 Å². The van der Waals surface area contributed by atoms with E-state index < -0.39 is 6.10 Å². The molecule has 0 spiro atoms. The highest BCUT2D eigenvalue weighted by atomic mass is 16.6. The monoisotopic (exact) mass is 1280 g/mol. The third-order valence-corrected chi connectivity index (χ3v) is 18.7. The quantitative estimate of drug-likeness (QED) is 0.0373. The Morgan fingerprint density at radius 1 is 0.261 bits per heavy atom. The molecule has 0 radical (unpaired) electrons. The molecule has 0 aliphatic rings. The molecule has 0 bridgehead atoms. The van der Waals surface area contributed by atoms with E-state index in [1.807, 2.05) is 0 Å². The maximum atomic E-state index is 12.4. The van der Waals surface area contributed by atoms with Gasteiger partial charge in [0.05, 0.1) is 6.61 Å². The highest BCUT2D eigenvalue weighted by Crippen LogP contribution is 2.20. The van der Waals surface area contributed by atoms with Crippen molar-refractivity contribution in [3.63, 3.8) is 0 Å². The van der Waals surface area contributed by atoms with Gasteiger partial charge in [0.15, 0.2) is 6.10 Å². The summed E-state index contributed by atoms with van der Waals surface area (Å²) >= 11 is 0. The Morgan fingerprint density at radius 3 is 0.707 bits per heavy atom. The topological polar surface area (TPSA) is 72.8 Å². The number of allylic oxidation sites excluding steroid dienone is 14. The summed E-state index contributed by atoms with van der Waals surface area (Å²) in [4.78, 5) is 24.7. The number of rotatable bonds is 77. The predicted octanol–water partition coefficient (Wildman–Crippen LogP) is 29.1. The molecule has 0 amide bonds. The summed E-state index contributed by atoms with van der Waals surface area (Å²) in [6, 6.07) is 0. The lowest BCUT2D eigenvalue weighted by atomic mass is 10.0. The molecule has 0 saturated carbocycles. The first-order valence-corrected chi connectivity index (χ1v) is 41.1. The van der Waals surface area contributed by atoms with E-state index in [0.717, 1.165) is 77.0 Å². The number of hydrogen-bond donors (Lipinski definition) is 1. The lowest BCUT2D eigenvalue weighted by Crippen LogP contribution is -2.28. The van der Waals surface area contributed by atoms with E-state index in [1.165, 1.54) is 334 Å². The van der Waals surface area contributed by atoms with Gasteiger partial charge in [-0.1, -0.05) is 439 Å². The molecule has 0 aromatic rings. The van der Waals surface area contributed by atoms with Gasteiger partial charge in [-0.05, 0) is 70.6 Å². The van der Waals surface area contributed by atoms with E-state index in [2.05, 4.69) is 98.9 Å². The molecule has 0 aliphatic heterocycles. The summed E-state index contributed by atoms with van der Waals surface area (Å²) in [6.45, 7) is 4.09. The van der Waals surface area contributed by atoms with Crippen LogP contribution in [0.3, 0.4) is 0 Å². The lowest BCUT2D eigenvalue weighted by molar-refractivity contribution is -0.161. The van der Waals surface area contributed by atoms with Crippen LogP contribution in [0.2, 0.25) is 0 Å². The Labute approximate surface area is 575 Å². The third kappa shape index (κ3) is 79.5. The van der Waals surface area contributed by atoms with Crippen LogP contribution in [0.1, 0.15) is 438 Å². The van der Waals surface area contributed by atoms with Gasteiger partial charge < -0.3 is 14.6 Å². The summed E-state index contributed by atoms with van der Waals surface area (Å²) in [5, 5.41) is 9.74. The van der Waals surface area contributed by atoms with Crippen LogP contribution >= 0.6 is 0 Å². The van der Waals surface area contributed by atoms with Crippen LogP contribution in [0.5, 0.6) is 0 Å². The van der Waals surface area contributed by atoms with Crippen LogP contribution in [0.25, 0.3) is 0 Å². The SMILES string of the molecule is CC/C=C\C/C=C\C/C=C\C/C=C\C/C=C\C/C=C\C/C=C\CCCCCCCCCCCCCCCCCCCCCC(=O)OC(CO)COC(=O)CCCCCCCCCCCCCCCCCCCCCCCCCCCCCCCCCCCCCCC. The first kappa shape index (κ1) is 89.1. The molecule has 1 unspecified atom stereocenters. The Kier molecular flexibility index (Phi) is 79.7. The van der Waals surface area contributed by atoms with Crippen LogP contribution in [0.4, 0.5) is 0 Å². The number of carbonyl (C=O) groups is 2. The van der Waals surface area contributed by atoms with Crippen LogP contribution in [-0.2, 0) is 19.1 Å². The van der Waals surface area contributed by atoms with Gasteiger partial charge in [0, 0.05) is 12.8 Å². The van der Waals surface area contributed by atoms with Gasteiger partial charge in [-0.2, -0.15) is 0 Å². The van der Waals surface area contributed by atoms with Crippen molar-refractivity contribution < 1.29 is 24.2 Å². The summed E-state index contributed by atoms with van der Waals surface area (Å²) in [7, 11) is 0. The van der Waals surface area contributed by atoms with Gasteiger partial charge in [0.1, 0.15) is 6.61 Å². The van der Waals surface area contributed by atoms with Crippen molar-refractivity contribution in [2.75, 3.05) is 13.2 Å². The smallest absolute Gasteiger partial charge is 0.306 e. The molecular weight excluding hydrogens is 1120 g/mol. The molecule has 0 fully saturated rings. The lowest BCUT2D eigenvalue weighted by Gasteiger charge is -2.15. The standard InChI is InChI=1S/C87H158O5/c1-3-5-7-9-11-13-15-17-19-21-23-25-27-29-31-33-35-37-39-41-42-43-44-46-48-50-52-54-56-58-60-62-64-66-68-70-72-74-76-78-80-82-87(90)92-85(83-88)84-91-86(89)81-79-77-75-73-71-69-67-65-63-61-59-57-55-53-51-49-47-45-40-38-36-34-32-30-28-26-24-22-20-18-16-14-12-10-8-6-4-2/h5,7,11,13,17,19,23,25,29,31,35,37,41-42,85,88H,3-4,6,8-10,12,14-16,18,20-22,24,26-28,30,32-34,36,38-40,43-84H2,1-2H3/b7-5-,13-11-,19-17-,25-23-,31-29-,37-35-,42-41-. The van der Waals surface area contributed by atoms with Crippen molar-refractivity contribution in [2.45, 2.75) is 444 Å². The zero-order valence-corrected chi connectivity index (χ0v) is 61.8. The fourth-order valence-electron chi connectivity index (χ4n) is 12.6. The predicted molar refractivity (Wildman–Crippen MR) is 408 cm³/mol.